The van der Waals surface area contributed by atoms with E-state index < -0.39 is 6.09 Å². The van der Waals surface area contributed by atoms with E-state index in [0.29, 0.717) is 30.8 Å². The molecule has 1 aliphatic heterocycles. The lowest BCUT2D eigenvalue weighted by atomic mass is 10.0. The molecular weight excluding hydrogens is 572 g/mol. The number of carbonyl (C=O) groups is 3. The summed E-state index contributed by atoms with van der Waals surface area (Å²) in [6, 6.07) is 21.7. The minimum Gasteiger partial charge on any atom is -0.504 e. The summed E-state index contributed by atoms with van der Waals surface area (Å²) in [5, 5.41) is 24.9. The van der Waals surface area contributed by atoms with Crippen molar-refractivity contribution < 1.29 is 29.3 Å². The minimum atomic E-state index is -0.452. The molecule has 0 bridgehead atoms. The van der Waals surface area contributed by atoms with Crippen LogP contribution in [0.1, 0.15) is 48.9 Å². The number of ether oxygens (including phenoxy) is 1. The van der Waals surface area contributed by atoms with Crippen LogP contribution in [0.2, 0.25) is 0 Å². The first-order valence-electron chi connectivity index (χ1n) is 15.6. The summed E-state index contributed by atoms with van der Waals surface area (Å²) in [6.45, 7) is 3.80. The van der Waals surface area contributed by atoms with Gasteiger partial charge in [-0.15, -0.1) is 0 Å². The first-order chi connectivity index (χ1) is 21.8. The molecule has 1 saturated heterocycles. The topological polar surface area (TPSA) is 131 Å². The number of piperidine rings is 1. The fourth-order valence-corrected chi connectivity index (χ4v) is 5.37. The molecule has 1 fully saturated rings. The molecule has 1 heterocycles. The van der Waals surface area contributed by atoms with E-state index in [1.807, 2.05) is 66.5 Å². The average Bonchev–Trinajstić information content (AvgIpc) is 3.04. The van der Waals surface area contributed by atoms with Crippen LogP contribution in [-0.2, 0) is 9.53 Å². The Morgan fingerprint density at radius 1 is 0.911 bits per heavy atom. The highest BCUT2D eigenvalue weighted by Crippen LogP contribution is 2.28. The van der Waals surface area contributed by atoms with Gasteiger partial charge in [-0.05, 0) is 69.1 Å². The first kappa shape index (κ1) is 33.5. The Morgan fingerprint density at radius 2 is 1.64 bits per heavy atom. The Hall–Kier alpha value is -4.41. The maximum absolute atomic E-state index is 12.6. The average molecular weight is 617 g/mol. The van der Waals surface area contributed by atoms with Gasteiger partial charge in [0.25, 0.3) is 0 Å². The fourth-order valence-electron chi connectivity index (χ4n) is 5.37. The summed E-state index contributed by atoms with van der Waals surface area (Å²) in [6.07, 6.45) is 3.97. The summed E-state index contributed by atoms with van der Waals surface area (Å²) in [7, 11) is 1.87. The van der Waals surface area contributed by atoms with Gasteiger partial charge >= 0.3 is 6.09 Å². The summed E-state index contributed by atoms with van der Waals surface area (Å²) >= 11 is 0. The third kappa shape index (κ3) is 10.9. The minimum absolute atomic E-state index is 0.0321. The van der Waals surface area contributed by atoms with Crippen LogP contribution in [-0.4, -0.2) is 90.2 Å². The van der Waals surface area contributed by atoms with Gasteiger partial charge in [0.2, 0.25) is 5.91 Å². The SMILES string of the molecule is CN(CCCCCNC(=O)CCN1CCC(OC(=O)Nc2ccccc2-c2ccccc2)CC1)CC(=O)c1ccc(O)c(O)c1. The molecule has 4 rings (SSSR count). The van der Waals surface area contributed by atoms with Crippen molar-refractivity contribution in [2.45, 2.75) is 44.6 Å². The number of hydrogen-bond acceptors (Lipinski definition) is 8. The second-order valence-corrected chi connectivity index (χ2v) is 11.5. The van der Waals surface area contributed by atoms with Crippen LogP contribution in [0.15, 0.2) is 72.8 Å². The molecule has 0 spiro atoms. The normalized spacial score (nSPS) is 13.8. The molecular formula is C35H44N4O6. The second kappa shape index (κ2) is 17.2. The number of unbranched alkanes of at least 4 members (excludes halogenated alkanes) is 2. The molecule has 240 valence electrons. The zero-order valence-corrected chi connectivity index (χ0v) is 25.9. The molecule has 0 saturated carbocycles. The largest absolute Gasteiger partial charge is 0.504 e. The van der Waals surface area contributed by atoms with Gasteiger partial charge in [0.05, 0.1) is 12.2 Å². The van der Waals surface area contributed by atoms with Gasteiger partial charge in [-0.3, -0.25) is 19.8 Å². The number of amides is 2. The van der Waals surface area contributed by atoms with Crippen LogP contribution in [0.4, 0.5) is 10.5 Å². The van der Waals surface area contributed by atoms with E-state index in [-0.39, 0.29) is 35.8 Å². The maximum atomic E-state index is 12.6. The van der Waals surface area contributed by atoms with Gasteiger partial charge in [-0.25, -0.2) is 4.79 Å². The number of para-hydroxylation sites is 1. The number of hydrogen-bond donors (Lipinski definition) is 4. The van der Waals surface area contributed by atoms with Crippen molar-refractivity contribution in [3.05, 3.63) is 78.4 Å². The van der Waals surface area contributed by atoms with Gasteiger partial charge in [-0.2, -0.15) is 0 Å². The Balaban J connectivity index is 1.03. The number of rotatable bonds is 15. The van der Waals surface area contributed by atoms with E-state index in [2.05, 4.69) is 15.5 Å². The number of nitrogens with one attached hydrogen (secondary N) is 2. The van der Waals surface area contributed by atoms with E-state index >= 15 is 0 Å². The van der Waals surface area contributed by atoms with E-state index in [0.717, 1.165) is 62.9 Å². The van der Waals surface area contributed by atoms with Crippen molar-refractivity contribution in [2.75, 3.05) is 51.6 Å². The van der Waals surface area contributed by atoms with Crippen molar-refractivity contribution >= 4 is 23.5 Å². The number of nitrogens with zero attached hydrogens (tertiary/aromatic N) is 2. The number of anilines is 1. The quantitative estimate of drug-likeness (QED) is 0.103. The zero-order chi connectivity index (χ0) is 32.0. The molecule has 10 nitrogen and oxygen atoms in total. The molecule has 10 heteroatoms. The molecule has 3 aromatic carbocycles. The lowest BCUT2D eigenvalue weighted by Gasteiger charge is -2.31. The van der Waals surface area contributed by atoms with E-state index in [1.165, 1.54) is 18.2 Å². The highest BCUT2D eigenvalue weighted by Gasteiger charge is 2.23. The number of phenolic OH excluding ortho intramolecular Hbond substituents is 2. The number of likely N-dealkylation sites (tertiary alicyclic amines) is 1. The summed E-state index contributed by atoms with van der Waals surface area (Å²) in [5.74, 6) is -0.640. The van der Waals surface area contributed by atoms with Gasteiger partial charge in [0, 0.05) is 43.7 Å². The number of likely N-dealkylation sites (N-methyl/N-ethyl adjacent to an activating group) is 1. The van der Waals surface area contributed by atoms with Crippen molar-refractivity contribution in [2.24, 2.45) is 0 Å². The van der Waals surface area contributed by atoms with Crippen LogP contribution in [0.25, 0.3) is 11.1 Å². The summed E-state index contributed by atoms with van der Waals surface area (Å²) in [4.78, 5) is 41.5. The van der Waals surface area contributed by atoms with Crippen molar-refractivity contribution in [1.82, 2.24) is 15.1 Å². The molecule has 0 unspecified atom stereocenters. The van der Waals surface area contributed by atoms with E-state index in [1.54, 1.807) is 0 Å². The molecule has 1 aliphatic rings. The lowest BCUT2D eigenvalue weighted by Crippen LogP contribution is -2.40. The molecule has 0 aliphatic carbocycles. The van der Waals surface area contributed by atoms with Crippen molar-refractivity contribution in [3.63, 3.8) is 0 Å². The zero-order valence-electron chi connectivity index (χ0n) is 25.9. The predicted octanol–water partition coefficient (Wildman–Crippen LogP) is 5.27. The molecule has 4 N–H and O–H groups in total. The Kier molecular flexibility index (Phi) is 12.8. The Bertz CT molecular complexity index is 1410. The van der Waals surface area contributed by atoms with Crippen LogP contribution in [0.3, 0.4) is 0 Å². The second-order valence-electron chi connectivity index (χ2n) is 11.5. The maximum Gasteiger partial charge on any atom is 0.411 e. The predicted molar refractivity (Wildman–Crippen MR) is 175 cm³/mol. The number of carbonyl (C=O) groups excluding carboxylic acids is 3. The molecule has 45 heavy (non-hydrogen) atoms. The van der Waals surface area contributed by atoms with Gasteiger partial charge in [-0.1, -0.05) is 55.0 Å². The monoisotopic (exact) mass is 616 g/mol. The molecule has 2 amide bonds. The van der Waals surface area contributed by atoms with Crippen molar-refractivity contribution in [1.29, 1.82) is 0 Å². The van der Waals surface area contributed by atoms with Gasteiger partial charge < -0.3 is 25.2 Å². The van der Waals surface area contributed by atoms with Crippen LogP contribution in [0, 0.1) is 0 Å². The Morgan fingerprint density at radius 3 is 2.40 bits per heavy atom. The van der Waals surface area contributed by atoms with Crippen LogP contribution < -0.4 is 10.6 Å². The van der Waals surface area contributed by atoms with Crippen LogP contribution in [0.5, 0.6) is 11.5 Å². The highest BCUT2D eigenvalue weighted by atomic mass is 16.6. The number of benzene rings is 3. The number of Topliss-reactive ketones (excluding diaryl/α,β-unsaturated/α-hetero) is 1. The molecule has 0 aromatic heterocycles. The number of aromatic hydroxyl groups is 2. The first-order valence-corrected chi connectivity index (χ1v) is 15.6. The number of phenols is 2. The standard InChI is InChI=1S/C35H44N4O6/c1-38(25-33(42)27-14-15-31(40)32(41)24-27)20-9-3-8-19-36-34(43)18-23-39-21-16-28(17-22-39)45-35(44)37-30-13-7-6-12-29(30)26-10-4-2-5-11-26/h2,4-7,10-15,24,28,40-41H,3,8-9,16-23,25H2,1H3,(H,36,43)(H,37,44). The lowest BCUT2D eigenvalue weighted by molar-refractivity contribution is -0.121. The highest BCUT2D eigenvalue weighted by molar-refractivity contribution is 5.98. The smallest absolute Gasteiger partial charge is 0.411 e. The van der Waals surface area contributed by atoms with Crippen molar-refractivity contribution in [3.8, 4) is 22.6 Å². The third-order valence-electron chi connectivity index (χ3n) is 7.96. The Labute approximate surface area is 265 Å². The van der Waals surface area contributed by atoms with Gasteiger partial charge in [0.1, 0.15) is 6.10 Å². The fraction of sp³-hybridized carbons (Fsp3) is 0.400. The summed E-state index contributed by atoms with van der Waals surface area (Å²) < 4.78 is 5.71. The van der Waals surface area contributed by atoms with E-state index in [4.69, 9.17) is 4.74 Å². The van der Waals surface area contributed by atoms with Gasteiger partial charge in [0.15, 0.2) is 17.3 Å². The third-order valence-corrected chi connectivity index (χ3v) is 7.96. The molecule has 0 atom stereocenters. The summed E-state index contributed by atoms with van der Waals surface area (Å²) in [5.41, 5.74) is 3.04. The molecule has 0 radical (unpaired) electrons. The van der Waals surface area contributed by atoms with Crippen LogP contribution >= 0.6 is 0 Å². The molecule has 3 aromatic rings. The van der Waals surface area contributed by atoms with E-state index in [9.17, 15) is 24.6 Å². The number of ketones is 1.